The van der Waals surface area contributed by atoms with E-state index in [9.17, 15) is 5.11 Å². The van der Waals surface area contributed by atoms with E-state index in [0.29, 0.717) is 5.69 Å². The zero-order valence-electron chi connectivity index (χ0n) is 10.3. The van der Waals surface area contributed by atoms with Crippen LogP contribution in [-0.2, 0) is 6.54 Å². The van der Waals surface area contributed by atoms with Crippen LogP contribution in [-0.4, -0.2) is 17.1 Å². The quantitative estimate of drug-likeness (QED) is 0.933. The average molecular weight is 283 g/mol. The Kier molecular flexibility index (Phi) is 4.22. The summed E-state index contributed by atoms with van der Waals surface area (Å²) in [5.41, 5.74) is 1.85. The molecule has 2 rings (SSSR count). The summed E-state index contributed by atoms with van der Waals surface area (Å²) in [6.07, 6.45) is -0.519. The van der Waals surface area contributed by atoms with Crippen molar-refractivity contribution < 1.29 is 5.11 Å². The molecular weight excluding hydrogens is 268 g/mol. The Bertz CT molecular complexity index is 527. The first-order valence-electron chi connectivity index (χ1n) is 5.65. The van der Waals surface area contributed by atoms with Crippen LogP contribution in [0.2, 0.25) is 5.02 Å². The second-order valence-electron chi connectivity index (χ2n) is 4.22. The minimum atomic E-state index is -0.519. The van der Waals surface area contributed by atoms with Crippen LogP contribution < -0.4 is 4.90 Å². The van der Waals surface area contributed by atoms with Gasteiger partial charge in [0.2, 0.25) is 0 Å². The zero-order chi connectivity index (χ0) is 13.1. The molecule has 3 nitrogen and oxygen atoms in total. The van der Waals surface area contributed by atoms with Crippen LogP contribution in [0.4, 0.5) is 5.13 Å². The Balaban J connectivity index is 2.09. The number of benzene rings is 1. The van der Waals surface area contributed by atoms with Gasteiger partial charge in [-0.1, -0.05) is 23.7 Å². The molecule has 0 saturated heterocycles. The van der Waals surface area contributed by atoms with Crippen molar-refractivity contribution in [1.82, 2.24) is 4.98 Å². The lowest BCUT2D eigenvalue weighted by atomic mass is 10.2. The summed E-state index contributed by atoms with van der Waals surface area (Å²) in [6.45, 7) is 2.46. The van der Waals surface area contributed by atoms with Crippen LogP contribution in [0.5, 0.6) is 0 Å². The van der Waals surface area contributed by atoms with Crippen LogP contribution >= 0.6 is 22.9 Å². The number of hydrogen-bond donors (Lipinski definition) is 1. The molecule has 0 aliphatic rings. The molecule has 1 aromatic carbocycles. The lowest BCUT2D eigenvalue weighted by Crippen LogP contribution is -2.16. The van der Waals surface area contributed by atoms with Crippen molar-refractivity contribution in [3.63, 3.8) is 0 Å². The highest BCUT2D eigenvalue weighted by Gasteiger charge is 2.10. The number of aliphatic hydroxyl groups is 1. The van der Waals surface area contributed by atoms with E-state index in [1.54, 1.807) is 6.92 Å². The van der Waals surface area contributed by atoms with Gasteiger partial charge in [0.25, 0.3) is 0 Å². The fourth-order valence-corrected chi connectivity index (χ4v) is 2.71. The molecule has 0 aliphatic heterocycles. The Morgan fingerprint density at radius 1 is 1.50 bits per heavy atom. The third-order valence-electron chi connectivity index (χ3n) is 2.57. The standard InChI is InChI=1S/C13H15ClN2OS/c1-9(17)12-8-18-13(15-12)16(2)7-10-4-3-5-11(14)6-10/h3-6,8-9,17H,7H2,1-2H3. The van der Waals surface area contributed by atoms with E-state index in [0.717, 1.165) is 22.3 Å². The molecule has 0 radical (unpaired) electrons. The van der Waals surface area contributed by atoms with Crippen molar-refractivity contribution in [2.24, 2.45) is 0 Å². The van der Waals surface area contributed by atoms with Crippen molar-refractivity contribution >= 4 is 28.1 Å². The number of anilines is 1. The number of hydrogen-bond acceptors (Lipinski definition) is 4. The van der Waals surface area contributed by atoms with Crippen LogP contribution in [0.15, 0.2) is 29.6 Å². The van der Waals surface area contributed by atoms with Crippen LogP contribution in [0.25, 0.3) is 0 Å². The van der Waals surface area contributed by atoms with Gasteiger partial charge in [-0.15, -0.1) is 11.3 Å². The van der Waals surface area contributed by atoms with Gasteiger partial charge in [0, 0.05) is 24.0 Å². The van der Waals surface area contributed by atoms with Crippen LogP contribution in [0.3, 0.4) is 0 Å². The first kappa shape index (κ1) is 13.3. The predicted octanol–water partition coefficient (Wildman–Crippen LogP) is 3.49. The summed E-state index contributed by atoms with van der Waals surface area (Å²) in [5.74, 6) is 0. The molecule has 0 aliphatic carbocycles. The van der Waals surface area contributed by atoms with Crippen molar-refractivity contribution in [3.8, 4) is 0 Å². The maximum atomic E-state index is 9.45. The summed E-state index contributed by atoms with van der Waals surface area (Å²) in [5, 5.41) is 13.0. The molecule has 96 valence electrons. The number of thiazole rings is 1. The average Bonchev–Trinajstić information content (AvgIpc) is 2.78. The summed E-state index contributed by atoms with van der Waals surface area (Å²) >= 11 is 7.49. The Hall–Kier alpha value is -1.10. The van der Waals surface area contributed by atoms with Gasteiger partial charge in [-0.3, -0.25) is 0 Å². The summed E-state index contributed by atoms with van der Waals surface area (Å²) in [7, 11) is 1.98. The first-order valence-corrected chi connectivity index (χ1v) is 6.91. The number of rotatable bonds is 4. The second kappa shape index (κ2) is 5.69. The lowest BCUT2D eigenvalue weighted by molar-refractivity contribution is 0.195. The molecule has 5 heteroatoms. The summed E-state index contributed by atoms with van der Waals surface area (Å²) in [6, 6.07) is 7.78. The lowest BCUT2D eigenvalue weighted by Gasteiger charge is -2.15. The van der Waals surface area contributed by atoms with Gasteiger partial charge in [-0.05, 0) is 24.6 Å². The SMILES string of the molecule is CC(O)c1csc(N(C)Cc2cccc(Cl)c2)n1. The molecule has 1 N–H and O–H groups in total. The van der Waals surface area contributed by atoms with E-state index >= 15 is 0 Å². The van der Waals surface area contributed by atoms with Crippen molar-refractivity contribution in [2.75, 3.05) is 11.9 Å². The minimum absolute atomic E-state index is 0.519. The van der Waals surface area contributed by atoms with E-state index < -0.39 is 6.10 Å². The maximum Gasteiger partial charge on any atom is 0.185 e. The molecule has 2 aromatic rings. The second-order valence-corrected chi connectivity index (χ2v) is 5.49. The number of aromatic nitrogens is 1. The van der Waals surface area contributed by atoms with E-state index in [1.165, 1.54) is 11.3 Å². The molecule has 0 saturated carbocycles. The Morgan fingerprint density at radius 3 is 2.89 bits per heavy atom. The highest BCUT2D eigenvalue weighted by Crippen LogP contribution is 2.24. The van der Waals surface area contributed by atoms with E-state index in [2.05, 4.69) is 4.98 Å². The normalized spacial score (nSPS) is 12.4. The van der Waals surface area contributed by atoms with Crippen molar-refractivity contribution in [2.45, 2.75) is 19.6 Å². The van der Waals surface area contributed by atoms with Crippen LogP contribution in [0, 0.1) is 0 Å². The third-order valence-corrected chi connectivity index (χ3v) is 3.78. The largest absolute Gasteiger partial charge is 0.387 e. The highest BCUT2D eigenvalue weighted by molar-refractivity contribution is 7.13. The van der Waals surface area contributed by atoms with E-state index in [1.807, 2.05) is 41.6 Å². The van der Waals surface area contributed by atoms with Crippen LogP contribution in [0.1, 0.15) is 24.3 Å². The van der Waals surface area contributed by atoms with Crippen molar-refractivity contribution in [1.29, 1.82) is 0 Å². The fourth-order valence-electron chi connectivity index (χ4n) is 1.62. The van der Waals surface area contributed by atoms with Gasteiger partial charge < -0.3 is 10.0 Å². The van der Waals surface area contributed by atoms with E-state index in [4.69, 9.17) is 11.6 Å². The molecule has 0 spiro atoms. The molecule has 1 heterocycles. The fraction of sp³-hybridized carbons (Fsp3) is 0.308. The number of nitrogens with zero attached hydrogens (tertiary/aromatic N) is 2. The van der Waals surface area contributed by atoms with Gasteiger partial charge in [-0.25, -0.2) is 4.98 Å². The molecule has 1 unspecified atom stereocenters. The predicted molar refractivity (Wildman–Crippen MR) is 76.3 cm³/mol. The van der Waals surface area contributed by atoms with Gasteiger partial charge in [-0.2, -0.15) is 0 Å². The smallest absolute Gasteiger partial charge is 0.185 e. The first-order chi connectivity index (χ1) is 8.56. The minimum Gasteiger partial charge on any atom is -0.387 e. The number of halogens is 1. The van der Waals surface area contributed by atoms with Gasteiger partial charge >= 0.3 is 0 Å². The van der Waals surface area contributed by atoms with Gasteiger partial charge in [0.05, 0.1) is 11.8 Å². The Labute approximate surface area is 116 Å². The monoisotopic (exact) mass is 282 g/mol. The maximum absolute atomic E-state index is 9.45. The molecule has 0 fully saturated rings. The molecular formula is C13H15ClN2OS. The molecule has 18 heavy (non-hydrogen) atoms. The van der Waals surface area contributed by atoms with Gasteiger partial charge in [0.1, 0.15) is 0 Å². The summed E-state index contributed by atoms with van der Waals surface area (Å²) < 4.78 is 0. The number of aliphatic hydroxyl groups excluding tert-OH is 1. The molecule has 0 amide bonds. The Morgan fingerprint density at radius 2 is 2.28 bits per heavy atom. The third kappa shape index (κ3) is 3.22. The van der Waals surface area contributed by atoms with E-state index in [-0.39, 0.29) is 0 Å². The van der Waals surface area contributed by atoms with Crippen molar-refractivity contribution in [3.05, 3.63) is 45.9 Å². The molecule has 0 bridgehead atoms. The topological polar surface area (TPSA) is 36.4 Å². The molecule has 1 atom stereocenters. The highest BCUT2D eigenvalue weighted by atomic mass is 35.5. The van der Waals surface area contributed by atoms with Gasteiger partial charge in [0.15, 0.2) is 5.13 Å². The summed E-state index contributed by atoms with van der Waals surface area (Å²) in [4.78, 5) is 6.43. The molecule has 1 aromatic heterocycles. The zero-order valence-corrected chi connectivity index (χ0v) is 11.9.